The summed E-state index contributed by atoms with van der Waals surface area (Å²) in [6.45, 7) is 3.55. The van der Waals surface area contributed by atoms with Crippen LogP contribution in [0.25, 0.3) is 33.7 Å². The Morgan fingerprint density at radius 1 is 1.00 bits per heavy atom. The van der Waals surface area contributed by atoms with Crippen LogP contribution in [0.1, 0.15) is 11.4 Å². The lowest BCUT2D eigenvalue weighted by atomic mass is 10.1. The van der Waals surface area contributed by atoms with Gasteiger partial charge in [0.1, 0.15) is 23.1 Å². The number of hydrogen-bond donors (Lipinski definition) is 3. The average molecular weight is 308 g/mol. The number of imidazole rings is 2. The lowest BCUT2D eigenvalue weighted by molar-refractivity contribution is 0.471. The fourth-order valence-corrected chi connectivity index (χ4v) is 2.57. The van der Waals surface area contributed by atoms with Gasteiger partial charge in [-0.3, -0.25) is 0 Å². The van der Waals surface area contributed by atoms with E-state index < -0.39 is 0 Å². The first-order chi connectivity index (χ1) is 11.0. The smallest absolute Gasteiger partial charge is 0.180 e. The zero-order chi connectivity index (χ0) is 16.1. The number of rotatable bonds is 2. The van der Waals surface area contributed by atoms with Gasteiger partial charge >= 0.3 is 0 Å². The Bertz CT molecular complexity index is 1030. The quantitative estimate of drug-likeness (QED) is 0.491. The molecule has 0 aliphatic rings. The van der Waals surface area contributed by atoms with Crippen LogP contribution in [0, 0.1) is 18.8 Å². The first kappa shape index (κ1) is 13.4. The predicted molar refractivity (Wildman–Crippen MR) is 85.6 cm³/mol. The summed E-state index contributed by atoms with van der Waals surface area (Å²) in [5.74, 6) is 1.27. The third kappa shape index (κ3) is 2.03. The molecule has 3 N–H and O–H groups in total. The van der Waals surface area contributed by atoms with E-state index in [-0.39, 0.29) is 11.4 Å². The van der Waals surface area contributed by atoms with Gasteiger partial charge in [-0.05, 0) is 42.8 Å². The van der Waals surface area contributed by atoms with Gasteiger partial charge < -0.3 is 15.1 Å². The Hall–Kier alpha value is -3.29. The van der Waals surface area contributed by atoms with Gasteiger partial charge in [0.05, 0.1) is 16.6 Å². The summed E-state index contributed by atoms with van der Waals surface area (Å²) in [5.41, 5.74) is 3.77. The molecule has 114 valence electrons. The van der Waals surface area contributed by atoms with E-state index >= 15 is 0 Å². The highest BCUT2D eigenvalue weighted by Gasteiger charge is 2.15. The summed E-state index contributed by atoms with van der Waals surface area (Å²) in [5, 5.41) is 12.9. The standard InChI is InChI=1S/C15H12N6O2/c1-6-3-9(21-23)8(4-12(6)22)13-18-11-5-10-14(17-7(2)16-10)20-15(11)19-13/h3-5,22H,1-2H3,(H2,16,17,18,19,20). The monoisotopic (exact) mass is 308 g/mol. The van der Waals surface area contributed by atoms with Crippen LogP contribution in [0.3, 0.4) is 0 Å². The zero-order valence-electron chi connectivity index (χ0n) is 12.4. The summed E-state index contributed by atoms with van der Waals surface area (Å²) in [6, 6.07) is 4.85. The second-order valence-corrected chi connectivity index (χ2v) is 5.39. The highest BCUT2D eigenvalue weighted by atomic mass is 16.3. The molecule has 0 saturated carbocycles. The normalized spacial score (nSPS) is 11.4. The lowest BCUT2D eigenvalue weighted by Crippen LogP contribution is -1.84. The second kappa shape index (κ2) is 4.60. The van der Waals surface area contributed by atoms with Crippen molar-refractivity contribution in [3.63, 3.8) is 0 Å². The fourth-order valence-electron chi connectivity index (χ4n) is 2.57. The number of phenols is 1. The van der Waals surface area contributed by atoms with Crippen LogP contribution in [0.15, 0.2) is 23.4 Å². The molecule has 0 saturated heterocycles. The molecule has 0 unspecified atom stereocenters. The van der Waals surface area contributed by atoms with Crippen molar-refractivity contribution in [3.05, 3.63) is 34.5 Å². The van der Waals surface area contributed by atoms with Crippen LogP contribution in [-0.4, -0.2) is 30.0 Å². The number of hydrogen-bond acceptors (Lipinski definition) is 6. The molecular weight excluding hydrogens is 296 g/mol. The second-order valence-electron chi connectivity index (χ2n) is 5.39. The summed E-state index contributed by atoms with van der Waals surface area (Å²) in [4.78, 5) is 30.3. The van der Waals surface area contributed by atoms with Crippen molar-refractivity contribution in [2.45, 2.75) is 13.8 Å². The number of aromatic hydroxyl groups is 1. The summed E-state index contributed by atoms with van der Waals surface area (Å²) < 4.78 is 0. The van der Waals surface area contributed by atoms with Gasteiger partial charge in [-0.25, -0.2) is 15.0 Å². The van der Waals surface area contributed by atoms with Crippen molar-refractivity contribution in [2.75, 3.05) is 0 Å². The molecule has 23 heavy (non-hydrogen) atoms. The van der Waals surface area contributed by atoms with Crippen molar-refractivity contribution < 1.29 is 5.11 Å². The van der Waals surface area contributed by atoms with Crippen molar-refractivity contribution in [2.24, 2.45) is 5.18 Å². The SMILES string of the molecule is Cc1nc2nc3nc(-c4cc(O)c(C)cc4N=O)[nH]c3cc2[nH]1. The van der Waals surface area contributed by atoms with E-state index in [0.29, 0.717) is 33.8 Å². The first-order valence-corrected chi connectivity index (χ1v) is 6.95. The van der Waals surface area contributed by atoms with E-state index in [1.165, 1.54) is 12.1 Å². The lowest BCUT2D eigenvalue weighted by Gasteiger charge is -2.04. The Morgan fingerprint density at radius 3 is 2.52 bits per heavy atom. The topological polar surface area (TPSA) is 120 Å². The molecule has 4 rings (SSSR count). The number of fused-ring (bicyclic) bond motifs is 2. The van der Waals surface area contributed by atoms with E-state index in [4.69, 9.17) is 0 Å². The molecule has 0 atom stereocenters. The van der Waals surface area contributed by atoms with Gasteiger partial charge in [0, 0.05) is 0 Å². The molecule has 4 aromatic rings. The Kier molecular flexibility index (Phi) is 2.68. The predicted octanol–water partition coefficient (Wildman–Crippen LogP) is 3.22. The van der Waals surface area contributed by atoms with Crippen molar-refractivity contribution in [1.82, 2.24) is 24.9 Å². The number of pyridine rings is 1. The van der Waals surface area contributed by atoms with Crippen LogP contribution < -0.4 is 0 Å². The third-order valence-electron chi connectivity index (χ3n) is 3.71. The molecule has 1 aromatic carbocycles. The molecule has 0 fully saturated rings. The number of aromatic nitrogens is 5. The molecule has 8 heteroatoms. The molecule has 8 nitrogen and oxygen atoms in total. The van der Waals surface area contributed by atoms with Gasteiger partial charge in [-0.1, -0.05) is 0 Å². The van der Waals surface area contributed by atoms with Crippen LogP contribution in [0.2, 0.25) is 0 Å². The van der Waals surface area contributed by atoms with E-state index in [9.17, 15) is 10.0 Å². The molecule has 0 aliphatic heterocycles. The van der Waals surface area contributed by atoms with Crippen molar-refractivity contribution >= 4 is 28.0 Å². The Balaban J connectivity index is 1.95. The van der Waals surface area contributed by atoms with Crippen LogP contribution in [0.5, 0.6) is 5.75 Å². The maximum Gasteiger partial charge on any atom is 0.180 e. The number of benzene rings is 1. The molecular formula is C15H12N6O2. The average Bonchev–Trinajstić information content (AvgIpc) is 3.07. The van der Waals surface area contributed by atoms with Crippen LogP contribution in [0.4, 0.5) is 5.69 Å². The number of H-pyrrole nitrogens is 2. The van der Waals surface area contributed by atoms with E-state index in [0.717, 1.165) is 11.3 Å². The number of phenolic OH excluding ortho intramolecular Hbond substituents is 1. The first-order valence-electron chi connectivity index (χ1n) is 6.95. The van der Waals surface area contributed by atoms with E-state index in [1.54, 1.807) is 6.92 Å². The molecule has 0 aliphatic carbocycles. The van der Waals surface area contributed by atoms with Gasteiger partial charge in [-0.15, -0.1) is 4.91 Å². The highest BCUT2D eigenvalue weighted by molar-refractivity contribution is 5.88. The number of nitrogens with zero attached hydrogens (tertiary/aromatic N) is 4. The number of aromatic amines is 2. The zero-order valence-corrected chi connectivity index (χ0v) is 12.4. The minimum atomic E-state index is 0.0743. The van der Waals surface area contributed by atoms with Gasteiger partial charge in [-0.2, -0.15) is 0 Å². The van der Waals surface area contributed by atoms with Gasteiger partial charge in [0.2, 0.25) is 0 Å². The molecule has 3 aromatic heterocycles. The Labute approximate surface area is 129 Å². The minimum absolute atomic E-state index is 0.0743. The highest BCUT2D eigenvalue weighted by Crippen LogP contribution is 2.35. The number of nitroso groups, excluding NO2 is 1. The van der Waals surface area contributed by atoms with Crippen molar-refractivity contribution in [1.29, 1.82) is 0 Å². The van der Waals surface area contributed by atoms with Gasteiger partial charge in [0.15, 0.2) is 11.3 Å². The van der Waals surface area contributed by atoms with E-state index in [2.05, 4.69) is 30.1 Å². The maximum atomic E-state index is 11.1. The van der Waals surface area contributed by atoms with Crippen molar-refractivity contribution in [3.8, 4) is 17.1 Å². The molecule has 0 radical (unpaired) electrons. The third-order valence-corrected chi connectivity index (χ3v) is 3.71. The molecule has 0 spiro atoms. The van der Waals surface area contributed by atoms with E-state index in [1.807, 2.05) is 13.0 Å². The maximum absolute atomic E-state index is 11.1. The fraction of sp³-hybridized carbons (Fsp3) is 0.133. The van der Waals surface area contributed by atoms with Gasteiger partial charge in [0.25, 0.3) is 0 Å². The molecule has 0 amide bonds. The van der Waals surface area contributed by atoms with Crippen LogP contribution in [-0.2, 0) is 0 Å². The summed E-state index contributed by atoms with van der Waals surface area (Å²) in [6.07, 6.45) is 0. The summed E-state index contributed by atoms with van der Waals surface area (Å²) in [7, 11) is 0. The number of nitrogens with one attached hydrogen (secondary N) is 2. The summed E-state index contributed by atoms with van der Waals surface area (Å²) >= 11 is 0. The Morgan fingerprint density at radius 2 is 1.74 bits per heavy atom. The number of aryl methyl sites for hydroxylation is 2. The minimum Gasteiger partial charge on any atom is -0.508 e. The molecule has 0 bridgehead atoms. The largest absolute Gasteiger partial charge is 0.508 e. The molecule has 3 heterocycles. The van der Waals surface area contributed by atoms with Crippen LogP contribution >= 0.6 is 0 Å².